The SMILES string of the molecule is CN=C(NCc1ccnc(OCc2ccccc2)c1)N(C)CC1CCOC1. The molecule has 1 fully saturated rings. The third-order valence-electron chi connectivity index (χ3n) is 4.61. The van der Waals surface area contributed by atoms with Gasteiger partial charge < -0.3 is 19.7 Å². The van der Waals surface area contributed by atoms with Gasteiger partial charge in [-0.25, -0.2) is 4.98 Å². The van der Waals surface area contributed by atoms with Crippen molar-refractivity contribution < 1.29 is 9.47 Å². The molecular formula is C21H28N4O2. The van der Waals surface area contributed by atoms with Crippen LogP contribution in [0.2, 0.25) is 0 Å². The van der Waals surface area contributed by atoms with Crippen LogP contribution in [0, 0.1) is 5.92 Å². The highest BCUT2D eigenvalue weighted by Gasteiger charge is 2.19. The Kier molecular flexibility index (Phi) is 7.04. The number of aromatic nitrogens is 1. The summed E-state index contributed by atoms with van der Waals surface area (Å²) in [5.41, 5.74) is 2.23. The van der Waals surface area contributed by atoms with Crippen LogP contribution in [0.5, 0.6) is 5.88 Å². The fourth-order valence-electron chi connectivity index (χ4n) is 3.14. The smallest absolute Gasteiger partial charge is 0.213 e. The van der Waals surface area contributed by atoms with Gasteiger partial charge in [-0.15, -0.1) is 0 Å². The zero-order valence-electron chi connectivity index (χ0n) is 16.1. The first kappa shape index (κ1) is 19.2. The van der Waals surface area contributed by atoms with Crippen molar-refractivity contribution in [1.82, 2.24) is 15.2 Å². The fraction of sp³-hybridized carbons (Fsp3) is 0.429. The zero-order chi connectivity index (χ0) is 18.9. The fourth-order valence-corrected chi connectivity index (χ4v) is 3.14. The molecule has 2 heterocycles. The second kappa shape index (κ2) is 9.92. The molecule has 144 valence electrons. The number of nitrogens with zero attached hydrogens (tertiary/aromatic N) is 3. The molecule has 1 aliphatic heterocycles. The first-order valence-electron chi connectivity index (χ1n) is 9.36. The summed E-state index contributed by atoms with van der Waals surface area (Å²) in [5, 5.41) is 3.41. The van der Waals surface area contributed by atoms with Crippen molar-refractivity contribution in [2.75, 3.05) is 33.9 Å². The predicted molar refractivity (Wildman–Crippen MR) is 107 cm³/mol. The van der Waals surface area contributed by atoms with Gasteiger partial charge in [-0.3, -0.25) is 4.99 Å². The maximum atomic E-state index is 5.81. The summed E-state index contributed by atoms with van der Waals surface area (Å²) < 4.78 is 11.3. The molecule has 2 aromatic rings. The summed E-state index contributed by atoms with van der Waals surface area (Å²) in [6, 6.07) is 14.0. The van der Waals surface area contributed by atoms with Crippen molar-refractivity contribution in [3.8, 4) is 5.88 Å². The number of guanidine groups is 1. The molecule has 6 nitrogen and oxygen atoms in total. The summed E-state index contributed by atoms with van der Waals surface area (Å²) in [7, 11) is 3.87. The molecule has 0 saturated carbocycles. The Morgan fingerprint density at radius 1 is 1.30 bits per heavy atom. The molecule has 0 spiro atoms. The molecule has 0 aliphatic carbocycles. The standard InChI is InChI=1S/C21H28N4O2/c1-22-21(25(2)14-19-9-11-26-15-19)24-13-18-8-10-23-20(12-18)27-16-17-6-4-3-5-7-17/h3-8,10,12,19H,9,11,13-16H2,1-2H3,(H,22,24). The molecule has 1 aromatic heterocycles. The molecule has 0 bridgehead atoms. The van der Waals surface area contributed by atoms with Gasteiger partial charge in [0.1, 0.15) is 6.61 Å². The molecule has 3 rings (SSSR count). The topological polar surface area (TPSA) is 59.0 Å². The van der Waals surface area contributed by atoms with Crippen LogP contribution >= 0.6 is 0 Å². The summed E-state index contributed by atoms with van der Waals surface area (Å²) in [5.74, 6) is 2.09. The van der Waals surface area contributed by atoms with E-state index >= 15 is 0 Å². The van der Waals surface area contributed by atoms with Crippen LogP contribution in [-0.2, 0) is 17.9 Å². The van der Waals surface area contributed by atoms with E-state index in [4.69, 9.17) is 9.47 Å². The van der Waals surface area contributed by atoms with Gasteiger partial charge in [0, 0.05) is 52.0 Å². The normalized spacial score (nSPS) is 17.0. The molecule has 1 aromatic carbocycles. The van der Waals surface area contributed by atoms with Crippen LogP contribution in [0.15, 0.2) is 53.7 Å². The van der Waals surface area contributed by atoms with Crippen molar-refractivity contribution >= 4 is 5.96 Å². The molecule has 1 saturated heterocycles. The average molecular weight is 368 g/mol. The van der Waals surface area contributed by atoms with Gasteiger partial charge in [0.05, 0.1) is 6.61 Å². The molecule has 1 atom stereocenters. The van der Waals surface area contributed by atoms with Crippen LogP contribution in [0.25, 0.3) is 0 Å². The minimum Gasteiger partial charge on any atom is -0.473 e. The minimum absolute atomic E-state index is 0.512. The van der Waals surface area contributed by atoms with E-state index in [1.807, 2.05) is 49.5 Å². The number of hydrogen-bond donors (Lipinski definition) is 1. The summed E-state index contributed by atoms with van der Waals surface area (Å²) in [6.07, 6.45) is 2.90. The second-order valence-electron chi connectivity index (χ2n) is 6.79. The molecule has 1 unspecified atom stereocenters. The molecular weight excluding hydrogens is 340 g/mol. The zero-order valence-corrected chi connectivity index (χ0v) is 16.1. The molecule has 0 radical (unpaired) electrons. The summed E-state index contributed by atoms with van der Waals surface area (Å²) in [4.78, 5) is 10.8. The number of benzene rings is 1. The first-order valence-corrected chi connectivity index (χ1v) is 9.36. The van der Waals surface area contributed by atoms with Gasteiger partial charge in [0.15, 0.2) is 5.96 Å². The van der Waals surface area contributed by atoms with Gasteiger partial charge >= 0.3 is 0 Å². The third kappa shape index (κ3) is 5.96. The van der Waals surface area contributed by atoms with Crippen LogP contribution in [-0.4, -0.2) is 49.7 Å². The highest BCUT2D eigenvalue weighted by Crippen LogP contribution is 2.14. The second-order valence-corrected chi connectivity index (χ2v) is 6.79. The number of ether oxygens (including phenoxy) is 2. The molecule has 1 aliphatic rings. The Balaban J connectivity index is 1.50. The van der Waals surface area contributed by atoms with E-state index in [-0.39, 0.29) is 0 Å². The van der Waals surface area contributed by atoms with E-state index in [0.717, 1.165) is 43.3 Å². The number of aliphatic imine (C=N–C) groups is 1. The largest absolute Gasteiger partial charge is 0.473 e. The minimum atomic E-state index is 0.512. The van der Waals surface area contributed by atoms with Gasteiger partial charge in [-0.1, -0.05) is 30.3 Å². The average Bonchev–Trinajstić information content (AvgIpc) is 3.21. The van der Waals surface area contributed by atoms with Gasteiger partial charge in [0.25, 0.3) is 0 Å². The van der Waals surface area contributed by atoms with E-state index in [1.165, 1.54) is 0 Å². The first-order chi connectivity index (χ1) is 13.2. The lowest BCUT2D eigenvalue weighted by atomic mass is 10.1. The number of pyridine rings is 1. The van der Waals surface area contributed by atoms with E-state index in [9.17, 15) is 0 Å². The van der Waals surface area contributed by atoms with Crippen LogP contribution in [0.3, 0.4) is 0 Å². The van der Waals surface area contributed by atoms with E-state index in [0.29, 0.717) is 24.9 Å². The quantitative estimate of drug-likeness (QED) is 0.601. The third-order valence-corrected chi connectivity index (χ3v) is 4.61. The monoisotopic (exact) mass is 368 g/mol. The Hall–Kier alpha value is -2.60. The van der Waals surface area contributed by atoms with Gasteiger partial charge in [-0.2, -0.15) is 0 Å². The molecule has 27 heavy (non-hydrogen) atoms. The van der Waals surface area contributed by atoms with Gasteiger partial charge in [0.2, 0.25) is 5.88 Å². The van der Waals surface area contributed by atoms with Gasteiger partial charge in [-0.05, 0) is 23.6 Å². The maximum Gasteiger partial charge on any atom is 0.213 e. The lowest BCUT2D eigenvalue weighted by Gasteiger charge is -2.24. The number of hydrogen-bond acceptors (Lipinski definition) is 4. The van der Waals surface area contributed by atoms with Crippen molar-refractivity contribution in [1.29, 1.82) is 0 Å². The highest BCUT2D eigenvalue weighted by molar-refractivity contribution is 5.79. The van der Waals surface area contributed by atoms with Crippen LogP contribution in [0.4, 0.5) is 0 Å². The maximum absolute atomic E-state index is 5.81. The van der Waals surface area contributed by atoms with Crippen LogP contribution < -0.4 is 10.1 Å². The lowest BCUT2D eigenvalue weighted by molar-refractivity contribution is 0.181. The molecule has 1 N–H and O–H groups in total. The summed E-state index contributed by atoms with van der Waals surface area (Å²) in [6.45, 7) is 3.84. The Bertz CT molecular complexity index is 730. The Labute approximate surface area is 161 Å². The van der Waals surface area contributed by atoms with E-state index < -0.39 is 0 Å². The van der Waals surface area contributed by atoms with E-state index in [2.05, 4.69) is 27.2 Å². The van der Waals surface area contributed by atoms with E-state index in [1.54, 1.807) is 6.20 Å². The van der Waals surface area contributed by atoms with Crippen molar-refractivity contribution in [3.63, 3.8) is 0 Å². The number of rotatable bonds is 7. The van der Waals surface area contributed by atoms with Crippen LogP contribution in [0.1, 0.15) is 17.5 Å². The van der Waals surface area contributed by atoms with Crippen molar-refractivity contribution in [2.24, 2.45) is 10.9 Å². The Morgan fingerprint density at radius 2 is 2.15 bits per heavy atom. The Morgan fingerprint density at radius 3 is 2.89 bits per heavy atom. The summed E-state index contributed by atoms with van der Waals surface area (Å²) >= 11 is 0. The lowest BCUT2D eigenvalue weighted by Crippen LogP contribution is -2.41. The van der Waals surface area contributed by atoms with Crippen molar-refractivity contribution in [3.05, 3.63) is 59.8 Å². The molecule has 0 amide bonds. The predicted octanol–water partition coefficient (Wildman–Crippen LogP) is 2.70. The molecule has 6 heteroatoms. The highest BCUT2D eigenvalue weighted by atomic mass is 16.5. The van der Waals surface area contributed by atoms with Crippen molar-refractivity contribution in [2.45, 2.75) is 19.6 Å². The number of nitrogens with one attached hydrogen (secondary N) is 1.